The number of pyridine rings is 1. The van der Waals surface area contributed by atoms with Crippen LogP contribution in [0, 0.1) is 0 Å². The minimum absolute atomic E-state index is 0.597. The Morgan fingerprint density at radius 1 is 0.304 bits per heavy atom. The summed E-state index contributed by atoms with van der Waals surface area (Å²) in [5, 5.41) is 3.82. The van der Waals surface area contributed by atoms with E-state index in [9.17, 15) is 0 Å². The SMILES string of the molecule is c1ccc2c(c1)-c1nc-2nc2[nH]c(nc3nc(nc4[nH]c(n1)c1ccccc41)-c1ccccc1-3)c1ccccc21.c1ccncc1. The molecule has 0 unspecified atom stereocenters. The van der Waals surface area contributed by atoms with Gasteiger partial charge >= 0.3 is 0 Å². The van der Waals surface area contributed by atoms with Gasteiger partial charge in [0.05, 0.1) is 0 Å². The molecular formula is C37H23N9. The Hall–Kier alpha value is -6.61. The van der Waals surface area contributed by atoms with Gasteiger partial charge in [-0.1, -0.05) is 103 Å². The molecule has 8 aromatic rings. The van der Waals surface area contributed by atoms with Gasteiger partial charge in [-0.2, -0.15) is 0 Å². The van der Waals surface area contributed by atoms with Crippen molar-refractivity contribution < 1.29 is 0 Å². The Balaban J connectivity index is 0.000000440. The van der Waals surface area contributed by atoms with Crippen LogP contribution in [0.15, 0.2) is 128 Å². The summed E-state index contributed by atoms with van der Waals surface area (Å²) in [6.07, 6.45) is 3.50. The van der Waals surface area contributed by atoms with Crippen LogP contribution < -0.4 is 0 Å². The lowest BCUT2D eigenvalue weighted by atomic mass is 10.1. The van der Waals surface area contributed by atoms with Gasteiger partial charge in [-0.05, 0) is 12.1 Å². The molecule has 0 radical (unpaired) electrons. The number of aromatic nitrogens is 9. The Bertz CT molecular complexity index is 2260. The maximum absolute atomic E-state index is 5.02. The van der Waals surface area contributed by atoms with Gasteiger partial charge in [0.15, 0.2) is 23.3 Å². The first-order chi connectivity index (χ1) is 22.8. The number of H-pyrrole nitrogens is 2. The summed E-state index contributed by atoms with van der Waals surface area (Å²) in [6.45, 7) is 0. The van der Waals surface area contributed by atoms with Crippen LogP contribution in [-0.4, -0.2) is 44.9 Å². The molecule has 0 fully saturated rings. The molecule has 0 amide bonds. The van der Waals surface area contributed by atoms with Gasteiger partial charge in [0.25, 0.3) is 0 Å². The van der Waals surface area contributed by atoms with Crippen molar-refractivity contribution >= 4 is 44.1 Å². The van der Waals surface area contributed by atoms with Crippen LogP contribution in [0.1, 0.15) is 0 Å². The molecular weight excluding hydrogens is 570 g/mol. The average molecular weight is 594 g/mol. The second-order valence-electron chi connectivity index (χ2n) is 10.8. The highest BCUT2D eigenvalue weighted by molar-refractivity contribution is 6.06. The van der Waals surface area contributed by atoms with E-state index in [4.69, 9.17) is 29.9 Å². The molecule has 9 heteroatoms. The molecule has 0 saturated heterocycles. The van der Waals surface area contributed by atoms with Crippen LogP contribution in [0.25, 0.3) is 89.7 Å². The molecule has 0 aliphatic carbocycles. The number of nitrogens with zero attached hydrogens (tertiary/aromatic N) is 7. The number of nitrogens with one attached hydrogen (secondary N) is 2. The second-order valence-corrected chi connectivity index (χ2v) is 10.8. The molecule has 6 heterocycles. The normalized spacial score (nSPS) is 11.5. The van der Waals surface area contributed by atoms with Crippen LogP contribution in [-0.2, 0) is 0 Å². The highest BCUT2D eigenvalue weighted by atomic mass is 15.1. The monoisotopic (exact) mass is 593 g/mol. The Morgan fingerprint density at radius 2 is 0.609 bits per heavy atom. The lowest BCUT2D eigenvalue weighted by Crippen LogP contribution is -1.82. The smallest absolute Gasteiger partial charge is 0.164 e. The Morgan fingerprint density at radius 3 is 0.870 bits per heavy atom. The molecule has 8 bridgehead atoms. The summed E-state index contributed by atoms with van der Waals surface area (Å²) >= 11 is 0. The molecule has 46 heavy (non-hydrogen) atoms. The number of fused-ring (bicyclic) bond motifs is 20. The fourth-order valence-electron chi connectivity index (χ4n) is 5.90. The fourth-order valence-corrected chi connectivity index (χ4v) is 5.90. The first-order valence-corrected chi connectivity index (χ1v) is 14.8. The summed E-state index contributed by atoms with van der Waals surface area (Å²) in [4.78, 5) is 40.6. The van der Waals surface area contributed by atoms with Crippen LogP contribution in [0.5, 0.6) is 0 Å². The van der Waals surface area contributed by atoms with Crippen LogP contribution in [0.4, 0.5) is 0 Å². The van der Waals surface area contributed by atoms with Gasteiger partial charge in [0.1, 0.15) is 22.6 Å². The average Bonchev–Trinajstić information content (AvgIpc) is 3.85. The van der Waals surface area contributed by atoms with Crippen LogP contribution >= 0.6 is 0 Å². The summed E-state index contributed by atoms with van der Waals surface area (Å²) < 4.78 is 0. The highest BCUT2D eigenvalue weighted by Crippen LogP contribution is 2.36. The van der Waals surface area contributed by atoms with Crippen molar-refractivity contribution in [2.24, 2.45) is 0 Å². The van der Waals surface area contributed by atoms with Gasteiger partial charge in [-0.25, -0.2) is 29.9 Å². The summed E-state index contributed by atoms with van der Waals surface area (Å²) in [7, 11) is 0. The van der Waals surface area contributed by atoms with Gasteiger partial charge in [0.2, 0.25) is 0 Å². The molecule has 4 aromatic heterocycles. The zero-order chi connectivity index (χ0) is 30.5. The third-order valence-electron chi connectivity index (χ3n) is 8.03. The standard InChI is InChI=1S/C32H18N8.C5H5N/c1-2-10-18-17(9-1)25-33-26(18)38-28-21-13-5-6-14-22(21)30(35-28)40-32-24-16-8-7-15-23(24)31(36-32)39-29-20-12-4-3-11-19(20)27(34-29)37-25;1-2-4-6-5-3-1/h1-16H,(H2,33,34,35,36,37,38,39,40);1-5H. The third-order valence-corrected chi connectivity index (χ3v) is 8.03. The molecule has 2 aliphatic heterocycles. The Kier molecular flexibility index (Phi) is 5.92. The summed E-state index contributed by atoms with van der Waals surface area (Å²) in [6, 6.07) is 38.0. The van der Waals surface area contributed by atoms with Crippen molar-refractivity contribution in [1.82, 2.24) is 44.9 Å². The van der Waals surface area contributed by atoms with E-state index in [1.54, 1.807) is 12.4 Å². The van der Waals surface area contributed by atoms with Crippen molar-refractivity contribution in [3.63, 3.8) is 0 Å². The number of benzene rings is 4. The zero-order valence-corrected chi connectivity index (χ0v) is 24.3. The number of hydrogen-bond acceptors (Lipinski definition) is 7. The van der Waals surface area contributed by atoms with E-state index in [0.29, 0.717) is 45.9 Å². The molecule has 0 saturated carbocycles. The molecule has 0 spiro atoms. The topological polar surface area (TPSA) is 122 Å². The first kappa shape index (κ1) is 25.8. The maximum Gasteiger partial charge on any atom is 0.164 e. The predicted octanol–water partition coefficient (Wildman–Crippen LogP) is 7.95. The van der Waals surface area contributed by atoms with Crippen molar-refractivity contribution in [3.05, 3.63) is 128 Å². The quantitative estimate of drug-likeness (QED) is 0.183. The van der Waals surface area contributed by atoms with E-state index < -0.39 is 0 Å². The van der Waals surface area contributed by atoms with Crippen molar-refractivity contribution in [2.75, 3.05) is 0 Å². The van der Waals surface area contributed by atoms with Crippen molar-refractivity contribution in [1.29, 1.82) is 0 Å². The van der Waals surface area contributed by atoms with Gasteiger partial charge in [-0.15, -0.1) is 0 Å². The molecule has 9 nitrogen and oxygen atoms in total. The molecule has 0 atom stereocenters. The van der Waals surface area contributed by atoms with Crippen molar-refractivity contribution in [3.8, 4) is 45.6 Å². The van der Waals surface area contributed by atoms with Gasteiger partial charge in [0, 0.05) is 56.2 Å². The molecule has 4 aromatic carbocycles. The maximum atomic E-state index is 5.02. The molecule has 2 N–H and O–H groups in total. The van der Waals surface area contributed by atoms with E-state index in [1.807, 2.05) is 115 Å². The number of rotatable bonds is 0. The van der Waals surface area contributed by atoms with E-state index in [2.05, 4.69) is 15.0 Å². The van der Waals surface area contributed by atoms with Crippen LogP contribution in [0.2, 0.25) is 0 Å². The van der Waals surface area contributed by atoms with E-state index >= 15 is 0 Å². The first-order valence-electron chi connectivity index (χ1n) is 14.8. The van der Waals surface area contributed by atoms with E-state index in [0.717, 1.165) is 43.8 Å². The van der Waals surface area contributed by atoms with Crippen molar-refractivity contribution in [2.45, 2.75) is 0 Å². The summed E-state index contributed by atoms with van der Waals surface area (Å²) in [5.41, 5.74) is 6.45. The van der Waals surface area contributed by atoms with Gasteiger partial charge in [-0.3, -0.25) is 4.98 Å². The summed E-state index contributed by atoms with van der Waals surface area (Å²) in [5.74, 6) is 2.39. The predicted molar refractivity (Wildman–Crippen MR) is 180 cm³/mol. The fraction of sp³-hybridized carbons (Fsp3) is 0. The van der Waals surface area contributed by atoms with E-state index in [1.165, 1.54) is 0 Å². The minimum atomic E-state index is 0.597. The number of aromatic amines is 2. The zero-order valence-electron chi connectivity index (χ0n) is 24.3. The van der Waals surface area contributed by atoms with Crippen LogP contribution in [0.3, 0.4) is 0 Å². The molecule has 10 rings (SSSR count). The van der Waals surface area contributed by atoms with E-state index in [-0.39, 0.29) is 0 Å². The largest absolute Gasteiger partial charge is 0.324 e. The van der Waals surface area contributed by atoms with Gasteiger partial charge < -0.3 is 9.97 Å². The molecule has 216 valence electrons. The second kappa shape index (κ2) is 10.5. The molecule has 2 aliphatic rings. The lowest BCUT2D eigenvalue weighted by Gasteiger charge is -1.96. The lowest BCUT2D eigenvalue weighted by molar-refractivity contribution is 1.19. The highest BCUT2D eigenvalue weighted by Gasteiger charge is 2.21. The number of hydrogen-bond donors (Lipinski definition) is 2. The third kappa shape index (κ3) is 4.29. The minimum Gasteiger partial charge on any atom is -0.324 e. The Labute approximate surface area is 261 Å².